The summed E-state index contributed by atoms with van der Waals surface area (Å²) in [5.41, 5.74) is 6.06. The van der Waals surface area contributed by atoms with E-state index in [0.29, 0.717) is 33.2 Å². The van der Waals surface area contributed by atoms with Gasteiger partial charge in [-0.05, 0) is 36.4 Å². The Morgan fingerprint density at radius 3 is 2.03 bits per heavy atom. The number of aromatic amines is 1. The van der Waals surface area contributed by atoms with Crippen LogP contribution in [0.25, 0.3) is 16.9 Å². The van der Waals surface area contributed by atoms with Gasteiger partial charge in [0.05, 0.1) is 16.9 Å². The molecule has 0 aliphatic carbocycles. The molecule has 0 saturated heterocycles. The molecule has 0 radical (unpaired) electrons. The summed E-state index contributed by atoms with van der Waals surface area (Å²) in [6, 6.07) is 34.2. The fourth-order valence-corrected chi connectivity index (χ4v) is 4.02. The Morgan fingerprint density at radius 2 is 1.38 bits per heavy atom. The van der Waals surface area contributed by atoms with E-state index in [1.807, 2.05) is 78.9 Å². The van der Waals surface area contributed by atoms with Crippen LogP contribution in [-0.2, 0) is 0 Å². The van der Waals surface area contributed by atoms with Crippen molar-refractivity contribution in [2.75, 3.05) is 5.32 Å². The molecule has 0 bridgehead atoms. The third kappa shape index (κ3) is 5.37. The van der Waals surface area contributed by atoms with Crippen LogP contribution in [0.1, 0.15) is 11.1 Å². The summed E-state index contributed by atoms with van der Waals surface area (Å²) in [5, 5.41) is 10.9. The van der Waals surface area contributed by atoms with Crippen molar-refractivity contribution in [2.45, 2.75) is 0 Å². The molecule has 0 fully saturated rings. The van der Waals surface area contributed by atoms with Crippen LogP contribution < -0.4 is 16.3 Å². The van der Waals surface area contributed by atoms with Crippen molar-refractivity contribution < 1.29 is 4.79 Å². The number of rotatable bonds is 6. The Kier molecular flexibility index (Phi) is 6.96. The van der Waals surface area contributed by atoms with Gasteiger partial charge in [-0.2, -0.15) is 5.10 Å². The number of carbonyl (C=O) groups excluding carboxylic acids is 1. The summed E-state index contributed by atoms with van der Waals surface area (Å²) in [7, 11) is 0. The number of hydrogen-bond acceptors (Lipinski definition) is 3. The minimum absolute atomic E-state index is 0.287. The summed E-state index contributed by atoms with van der Waals surface area (Å²) >= 11 is 6.13. The average molecular weight is 508 g/mol. The molecule has 0 atom stereocenters. The number of anilines is 1. The van der Waals surface area contributed by atoms with E-state index in [9.17, 15) is 9.59 Å². The molecule has 7 nitrogen and oxygen atoms in total. The number of para-hydroxylation sites is 2. The number of halogens is 1. The van der Waals surface area contributed by atoms with Crippen molar-refractivity contribution in [3.8, 4) is 16.9 Å². The van der Waals surface area contributed by atoms with Crippen LogP contribution in [0.5, 0.6) is 0 Å². The molecular weight excluding hydrogens is 486 g/mol. The maximum absolute atomic E-state index is 13.9. The van der Waals surface area contributed by atoms with Crippen molar-refractivity contribution in [3.63, 3.8) is 0 Å². The maximum atomic E-state index is 13.9. The first-order chi connectivity index (χ1) is 18.1. The highest BCUT2D eigenvalue weighted by atomic mass is 35.5. The molecule has 0 spiro atoms. The predicted octanol–water partition coefficient (Wildman–Crippen LogP) is 6.06. The molecule has 1 heterocycles. The predicted molar refractivity (Wildman–Crippen MR) is 148 cm³/mol. The number of aromatic nitrogens is 2. The van der Waals surface area contributed by atoms with Crippen molar-refractivity contribution in [1.82, 2.24) is 15.2 Å². The van der Waals surface area contributed by atoms with Gasteiger partial charge in [0.15, 0.2) is 0 Å². The number of benzene rings is 4. The number of urea groups is 1. The number of nitrogens with zero attached hydrogens (tertiary/aromatic N) is 2. The summed E-state index contributed by atoms with van der Waals surface area (Å²) in [6.45, 7) is 0. The molecule has 182 valence electrons. The molecule has 0 saturated carbocycles. The van der Waals surface area contributed by atoms with Crippen LogP contribution in [0, 0.1) is 0 Å². The van der Waals surface area contributed by atoms with E-state index < -0.39 is 6.03 Å². The van der Waals surface area contributed by atoms with Crippen LogP contribution in [0.15, 0.2) is 125 Å². The number of hydrazone groups is 1. The Hall–Kier alpha value is -4.88. The third-order valence-corrected chi connectivity index (χ3v) is 5.87. The monoisotopic (exact) mass is 507 g/mol. The molecule has 1 aromatic heterocycles. The average Bonchev–Trinajstić information content (AvgIpc) is 3.28. The van der Waals surface area contributed by atoms with Gasteiger partial charge in [0.1, 0.15) is 5.71 Å². The van der Waals surface area contributed by atoms with Crippen molar-refractivity contribution >= 4 is 29.0 Å². The summed E-state index contributed by atoms with van der Waals surface area (Å²) in [6.07, 6.45) is 0. The highest BCUT2D eigenvalue weighted by Gasteiger charge is 2.23. The van der Waals surface area contributed by atoms with E-state index >= 15 is 0 Å². The first kappa shape index (κ1) is 23.8. The molecule has 0 aliphatic rings. The molecule has 5 rings (SSSR count). The van der Waals surface area contributed by atoms with Crippen molar-refractivity contribution in [1.29, 1.82) is 0 Å². The molecular formula is C29H22ClN5O2. The lowest BCUT2D eigenvalue weighted by molar-refractivity contribution is 0.252. The zero-order chi connectivity index (χ0) is 25.6. The fraction of sp³-hybridized carbons (Fsp3) is 0. The highest BCUT2D eigenvalue weighted by molar-refractivity contribution is 6.30. The number of amides is 2. The Morgan fingerprint density at radius 1 is 0.784 bits per heavy atom. The van der Waals surface area contributed by atoms with Gasteiger partial charge in [-0.25, -0.2) is 14.9 Å². The number of carbonyl (C=O) groups is 1. The lowest BCUT2D eigenvalue weighted by atomic mass is 9.99. The second kappa shape index (κ2) is 10.8. The highest BCUT2D eigenvalue weighted by Crippen LogP contribution is 2.24. The zero-order valence-corrected chi connectivity index (χ0v) is 20.3. The summed E-state index contributed by atoms with van der Waals surface area (Å²) < 4.78 is 1.47. The smallest absolute Gasteiger partial charge is 0.307 e. The van der Waals surface area contributed by atoms with Gasteiger partial charge in [-0.3, -0.25) is 9.89 Å². The summed E-state index contributed by atoms with van der Waals surface area (Å²) in [4.78, 5) is 26.5. The van der Waals surface area contributed by atoms with E-state index in [1.54, 1.807) is 36.4 Å². The first-order valence-corrected chi connectivity index (χ1v) is 11.9. The summed E-state index contributed by atoms with van der Waals surface area (Å²) in [5.74, 6) is 0. The molecule has 4 aromatic carbocycles. The molecule has 37 heavy (non-hydrogen) atoms. The Bertz CT molecular complexity index is 1590. The van der Waals surface area contributed by atoms with E-state index in [1.165, 1.54) is 4.68 Å². The minimum Gasteiger partial charge on any atom is -0.307 e. The van der Waals surface area contributed by atoms with Gasteiger partial charge < -0.3 is 5.32 Å². The molecule has 2 amide bonds. The Labute approximate surface area is 218 Å². The van der Waals surface area contributed by atoms with Crippen LogP contribution in [0.3, 0.4) is 0 Å². The molecule has 0 aliphatic heterocycles. The van der Waals surface area contributed by atoms with E-state index in [2.05, 4.69) is 20.9 Å². The van der Waals surface area contributed by atoms with Gasteiger partial charge in [0.25, 0.3) is 5.56 Å². The maximum Gasteiger partial charge on any atom is 0.339 e. The molecule has 8 heteroatoms. The quantitative estimate of drug-likeness (QED) is 0.192. The van der Waals surface area contributed by atoms with Crippen molar-refractivity contribution in [2.24, 2.45) is 5.10 Å². The minimum atomic E-state index is -0.544. The number of nitrogens with one attached hydrogen (secondary N) is 3. The number of H-pyrrole nitrogens is 1. The van der Waals surface area contributed by atoms with Gasteiger partial charge in [-0.15, -0.1) is 0 Å². The normalized spacial score (nSPS) is 11.2. The SMILES string of the molecule is O=C(N/N=C(\c1ccc(Cl)cc1)c1c(-c2ccccc2)[nH]n(-c2ccccc2)c1=O)Nc1ccccc1. The standard InChI is InChI=1S/C29H22ClN5O2/c30-22-18-16-21(17-19-22)26(32-33-29(37)31-23-12-6-2-7-13-23)25-27(20-10-4-1-5-11-20)34-35(28(25)36)24-14-8-3-9-15-24/h1-19,34H,(H2,31,33,37)/b32-26+. The Balaban J connectivity index is 1.65. The molecule has 3 N–H and O–H groups in total. The number of hydrogen-bond donors (Lipinski definition) is 3. The van der Waals surface area contributed by atoms with Crippen LogP contribution in [0.4, 0.5) is 10.5 Å². The van der Waals surface area contributed by atoms with Crippen LogP contribution in [0.2, 0.25) is 5.02 Å². The largest absolute Gasteiger partial charge is 0.339 e. The third-order valence-electron chi connectivity index (χ3n) is 5.62. The topological polar surface area (TPSA) is 91.3 Å². The second-order valence-electron chi connectivity index (χ2n) is 8.10. The lowest BCUT2D eigenvalue weighted by Gasteiger charge is -2.09. The molecule has 0 unspecified atom stereocenters. The van der Waals surface area contributed by atoms with E-state index in [-0.39, 0.29) is 11.3 Å². The van der Waals surface area contributed by atoms with Gasteiger partial charge >= 0.3 is 6.03 Å². The van der Waals surface area contributed by atoms with Crippen LogP contribution in [-0.4, -0.2) is 21.5 Å². The van der Waals surface area contributed by atoms with Gasteiger partial charge in [-0.1, -0.05) is 90.5 Å². The van der Waals surface area contributed by atoms with Gasteiger partial charge in [0, 0.05) is 21.8 Å². The van der Waals surface area contributed by atoms with Gasteiger partial charge in [0.2, 0.25) is 0 Å². The first-order valence-electron chi connectivity index (χ1n) is 11.5. The van der Waals surface area contributed by atoms with E-state index in [4.69, 9.17) is 11.6 Å². The van der Waals surface area contributed by atoms with Crippen LogP contribution >= 0.6 is 11.6 Å². The zero-order valence-electron chi connectivity index (χ0n) is 19.6. The lowest BCUT2D eigenvalue weighted by Crippen LogP contribution is -2.28. The molecule has 5 aromatic rings. The van der Waals surface area contributed by atoms with E-state index in [0.717, 1.165) is 5.56 Å². The van der Waals surface area contributed by atoms with Crippen molar-refractivity contribution in [3.05, 3.63) is 142 Å². The second-order valence-corrected chi connectivity index (χ2v) is 8.54. The fourth-order valence-electron chi connectivity index (χ4n) is 3.89.